The second-order valence-corrected chi connectivity index (χ2v) is 7.57. The van der Waals surface area contributed by atoms with Crippen LogP contribution in [0.4, 0.5) is 5.88 Å². The summed E-state index contributed by atoms with van der Waals surface area (Å²) < 4.78 is 16.0. The number of methoxy groups -OCH3 is 2. The predicted molar refractivity (Wildman–Crippen MR) is 115 cm³/mol. The zero-order valence-corrected chi connectivity index (χ0v) is 18.5. The SMILES string of the molecule is COc1ccc(CCN2CC(C(=O)Nc3oc(C)c(C(C)=O)c3C#N)CC2=O)cc1OC. The summed E-state index contributed by atoms with van der Waals surface area (Å²) in [5.41, 5.74) is 1.13. The molecule has 1 aromatic heterocycles. The van der Waals surface area contributed by atoms with Gasteiger partial charge in [0.1, 0.15) is 17.4 Å². The van der Waals surface area contributed by atoms with E-state index in [1.165, 1.54) is 6.92 Å². The van der Waals surface area contributed by atoms with E-state index >= 15 is 0 Å². The van der Waals surface area contributed by atoms with Crippen molar-refractivity contribution in [3.63, 3.8) is 0 Å². The average molecular weight is 439 g/mol. The number of ketones is 1. The molecule has 9 nitrogen and oxygen atoms in total. The molecule has 1 aliphatic rings. The van der Waals surface area contributed by atoms with Crippen LogP contribution in [0.2, 0.25) is 0 Å². The van der Waals surface area contributed by atoms with Crippen molar-refractivity contribution >= 4 is 23.5 Å². The highest BCUT2D eigenvalue weighted by atomic mass is 16.5. The Morgan fingerprint density at radius 3 is 2.62 bits per heavy atom. The van der Waals surface area contributed by atoms with E-state index in [0.29, 0.717) is 24.5 Å². The molecule has 3 rings (SSSR count). The number of nitrogens with one attached hydrogen (secondary N) is 1. The van der Waals surface area contributed by atoms with Gasteiger partial charge in [0.25, 0.3) is 0 Å². The Morgan fingerprint density at radius 1 is 1.28 bits per heavy atom. The first-order valence-electron chi connectivity index (χ1n) is 10.1. The van der Waals surface area contributed by atoms with Crippen LogP contribution in [0.1, 0.15) is 40.6 Å². The van der Waals surface area contributed by atoms with Crippen molar-refractivity contribution in [1.82, 2.24) is 4.90 Å². The topological polar surface area (TPSA) is 122 Å². The lowest BCUT2D eigenvalue weighted by Crippen LogP contribution is -2.30. The molecule has 0 radical (unpaired) electrons. The van der Waals surface area contributed by atoms with Crippen LogP contribution in [0.25, 0.3) is 0 Å². The maximum atomic E-state index is 12.7. The Morgan fingerprint density at radius 2 is 2.00 bits per heavy atom. The van der Waals surface area contributed by atoms with Crippen molar-refractivity contribution in [3.8, 4) is 17.6 Å². The van der Waals surface area contributed by atoms with Crippen molar-refractivity contribution in [1.29, 1.82) is 5.26 Å². The van der Waals surface area contributed by atoms with E-state index in [1.54, 1.807) is 26.0 Å². The molecule has 0 saturated carbocycles. The fourth-order valence-corrected chi connectivity index (χ4v) is 3.84. The van der Waals surface area contributed by atoms with Gasteiger partial charge in [-0.1, -0.05) is 6.07 Å². The van der Waals surface area contributed by atoms with Gasteiger partial charge in [0, 0.05) is 19.5 Å². The van der Waals surface area contributed by atoms with Crippen molar-refractivity contribution in [3.05, 3.63) is 40.6 Å². The van der Waals surface area contributed by atoms with Gasteiger partial charge >= 0.3 is 0 Å². The number of nitrogens with zero attached hydrogens (tertiary/aromatic N) is 2. The molecule has 1 atom stereocenters. The van der Waals surface area contributed by atoms with Crippen molar-refractivity contribution < 1.29 is 28.3 Å². The average Bonchev–Trinajstić information content (AvgIpc) is 3.30. The Kier molecular flexibility index (Phi) is 6.83. The molecule has 0 aliphatic carbocycles. The standard InChI is InChI=1S/C23H25N3O6/c1-13(27)21-14(2)32-23(17(21)11-24)25-22(29)16-10-20(28)26(12-16)8-7-15-5-6-18(30-3)19(9-15)31-4/h5-6,9,16H,7-8,10,12H2,1-4H3,(H,25,29). The molecule has 1 fully saturated rings. The summed E-state index contributed by atoms with van der Waals surface area (Å²) in [6.07, 6.45) is 0.664. The van der Waals surface area contributed by atoms with Gasteiger partial charge in [0.2, 0.25) is 17.7 Å². The summed E-state index contributed by atoms with van der Waals surface area (Å²) in [5, 5.41) is 12.0. The number of carbonyl (C=O) groups is 3. The number of hydrogen-bond acceptors (Lipinski definition) is 7. The van der Waals surface area contributed by atoms with Crippen LogP contribution < -0.4 is 14.8 Å². The summed E-state index contributed by atoms with van der Waals surface area (Å²) in [4.78, 5) is 38.6. The molecule has 2 heterocycles. The fraction of sp³-hybridized carbons (Fsp3) is 0.391. The van der Waals surface area contributed by atoms with Gasteiger partial charge in [-0.25, -0.2) is 0 Å². The van der Waals surface area contributed by atoms with Crippen LogP contribution in [0.3, 0.4) is 0 Å². The molecule has 1 N–H and O–H groups in total. The largest absolute Gasteiger partial charge is 0.493 e. The first-order chi connectivity index (χ1) is 15.3. The Balaban J connectivity index is 1.64. The summed E-state index contributed by atoms with van der Waals surface area (Å²) in [6, 6.07) is 7.48. The van der Waals surface area contributed by atoms with Crippen LogP contribution in [-0.4, -0.2) is 49.8 Å². The molecule has 1 aromatic carbocycles. The maximum absolute atomic E-state index is 12.7. The zero-order chi connectivity index (χ0) is 23.4. The minimum absolute atomic E-state index is 0.00187. The number of rotatable bonds is 8. The third-order valence-electron chi connectivity index (χ3n) is 5.49. The van der Waals surface area contributed by atoms with Gasteiger partial charge in [-0.2, -0.15) is 5.26 Å². The van der Waals surface area contributed by atoms with Crippen molar-refractivity contribution in [2.45, 2.75) is 26.7 Å². The second kappa shape index (κ2) is 9.56. The highest BCUT2D eigenvalue weighted by molar-refractivity contribution is 6.02. The Hall–Kier alpha value is -3.80. The highest BCUT2D eigenvalue weighted by Gasteiger charge is 2.35. The number of furan rings is 1. The third-order valence-corrected chi connectivity index (χ3v) is 5.49. The molecular weight excluding hydrogens is 414 g/mol. The monoisotopic (exact) mass is 439 g/mol. The Labute approximate surface area is 185 Å². The van der Waals surface area contributed by atoms with Gasteiger partial charge in [-0.15, -0.1) is 0 Å². The highest BCUT2D eigenvalue weighted by Crippen LogP contribution is 2.30. The molecule has 1 unspecified atom stereocenters. The van der Waals surface area contributed by atoms with Crippen molar-refractivity contribution in [2.24, 2.45) is 5.92 Å². The third kappa shape index (κ3) is 4.59. The first kappa shape index (κ1) is 22.9. The number of Topliss-reactive ketones (excluding diaryl/α,β-unsaturated/α-hetero) is 1. The number of nitriles is 1. The zero-order valence-electron chi connectivity index (χ0n) is 18.5. The number of likely N-dealkylation sites (tertiary alicyclic amines) is 1. The first-order valence-corrected chi connectivity index (χ1v) is 10.1. The van der Waals surface area contributed by atoms with Crippen LogP contribution in [0.15, 0.2) is 22.6 Å². The summed E-state index contributed by atoms with van der Waals surface area (Å²) in [7, 11) is 3.13. The summed E-state index contributed by atoms with van der Waals surface area (Å²) >= 11 is 0. The molecule has 32 heavy (non-hydrogen) atoms. The lowest BCUT2D eigenvalue weighted by molar-refractivity contribution is -0.128. The number of ether oxygens (including phenoxy) is 2. The molecule has 1 aliphatic heterocycles. The van der Waals surface area contributed by atoms with Gasteiger partial charge < -0.3 is 18.8 Å². The number of aryl methyl sites for hydroxylation is 1. The normalized spacial score (nSPS) is 15.4. The lowest BCUT2D eigenvalue weighted by atomic mass is 10.1. The van der Waals surface area contributed by atoms with Gasteiger partial charge in [0.05, 0.1) is 25.7 Å². The quantitative estimate of drug-likeness (QED) is 0.628. The van der Waals surface area contributed by atoms with Crippen molar-refractivity contribution in [2.75, 3.05) is 32.6 Å². The molecule has 168 valence electrons. The fourth-order valence-electron chi connectivity index (χ4n) is 3.84. The van der Waals surface area contributed by atoms with Crippen LogP contribution >= 0.6 is 0 Å². The number of benzene rings is 1. The predicted octanol–water partition coefficient (Wildman–Crippen LogP) is 2.71. The number of carbonyl (C=O) groups excluding carboxylic acids is 3. The van der Waals surface area contributed by atoms with E-state index in [0.717, 1.165) is 5.56 Å². The maximum Gasteiger partial charge on any atom is 0.232 e. The number of amides is 2. The molecule has 0 spiro atoms. The molecule has 9 heteroatoms. The van der Waals surface area contributed by atoms with Gasteiger partial charge in [0.15, 0.2) is 17.3 Å². The van der Waals surface area contributed by atoms with E-state index < -0.39 is 11.8 Å². The molecule has 2 amide bonds. The summed E-state index contributed by atoms with van der Waals surface area (Å²) in [5.74, 6) is 0.00896. The minimum Gasteiger partial charge on any atom is -0.493 e. The summed E-state index contributed by atoms with van der Waals surface area (Å²) in [6.45, 7) is 3.60. The minimum atomic E-state index is -0.578. The van der Waals surface area contributed by atoms with Gasteiger partial charge in [-0.3, -0.25) is 19.7 Å². The Bertz CT molecular complexity index is 1100. The smallest absolute Gasteiger partial charge is 0.232 e. The van der Waals surface area contributed by atoms with Crippen LogP contribution in [0, 0.1) is 24.2 Å². The van der Waals surface area contributed by atoms with Crippen LogP contribution in [0.5, 0.6) is 11.5 Å². The molecule has 1 saturated heterocycles. The number of anilines is 1. The van der Waals surface area contributed by atoms with Gasteiger partial charge in [-0.05, 0) is 38.0 Å². The molecule has 2 aromatic rings. The van der Waals surface area contributed by atoms with E-state index in [2.05, 4.69) is 5.32 Å². The van der Waals surface area contributed by atoms with E-state index in [9.17, 15) is 19.6 Å². The van der Waals surface area contributed by atoms with E-state index in [4.69, 9.17) is 13.9 Å². The second-order valence-electron chi connectivity index (χ2n) is 7.57. The molecule has 0 bridgehead atoms. The molecular formula is C23H25N3O6. The van der Waals surface area contributed by atoms with E-state index in [-0.39, 0.29) is 47.4 Å². The van der Waals surface area contributed by atoms with E-state index in [1.807, 2.05) is 24.3 Å². The number of hydrogen-bond donors (Lipinski definition) is 1. The lowest BCUT2D eigenvalue weighted by Gasteiger charge is -2.17. The van der Waals surface area contributed by atoms with Crippen LogP contribution in [-0.2, 0) is 16.0 Å².